The molecule has 0 atom stereocenters. The summed E-state index contributed by atoms with van der Waals surface area (Å²) in [6.45, 7) is 8.90. The molecule has 1 aromatic carbocycles. The number of hydrogen-bond donors (Lipinski definition) is 0. The summed E-state index contributed by atoms with van der Waals surface area (Å²) in [6, 6.07) is 6.50. The Bertz CT molecular complexity index is 282. The quantitative estimate of drug-likeness (QED) is 0.593. The van der Waals surface area contributed by atoms with Gasteiger partial charge in [-0.25, -0.2) is 0 Å². The van der Waals surface area contributed by atoms with Crippen LogP contribution in [-0.2, 0) is 5.41 Å². The summed E-state index contributed by atoms with van der Waals surface area (Å²) < 4.78 is 1.37. The topological polar surface area (TPSA) is 0 Å². The average Bonchev–Trinajstić information content (AvgIpc) is 1.92. The fourth-order valence-electron chi connectivity index (χ4n) is 1.26. The third-order valence-corrected chi connectivity index (χ3v) is 3.29. The van der Waals surface area contributed by atoms with E-state index in [-0.39, 0.29) is 5.41 Å². The molecule has 0 amide bonds. The second-order valence-electron chi connectivity index (χ2n) is 4.22. The van der Waals surface area contributed by atoms with Crippen LogP contribution in [0.5, 0.6) is 0 Å². The third-order valence-electron chi connectivity index (χ3n) is 2.05. The number of aryl methyl sites for hydroxylation is 1. The van der Waals surface area contributed by atoms with Crippen LogP contribution in [0.15, 0.2) is 18.2 Å². The van der Waals surface area contributed by atoms with Crippen molar-refractivity contribution in [3.05, 3.63) is 29.3 Å². The summed E-state index contributed by atoms with van der Waals surface area (Å²) >= 11 is 2.67. The van der Waals surface area contributed by atoms with Crippen LogP contribution in [-0.4, -0.2) is 16.0 Å². The zero-order valence-electron chi connectivity index (χ0n) is 8.18. The Balaban J connectivity index is 3.26. The first kappa shape index (κ1) is 9.82. The van der Waals surface area contributed by atoms with Gasteiger partial charge in [0.25, 0.3) is 0 Å². The van der Waals surface area contributed by atoms with Crippen LogP contribution in [0.3, 0.4) is 0 Å². The Kier molecular flexibility index (Phi) is 2.65. The van der Waals surface area contributed by atoms with Gasteiger partial charge in [-0.1, -0.05) is 0 Å². The first-order chi connectivity index (χ1) is 5.43. The molecule has 0 saturated heterocycles. The van der Waals surface area contributed by atoms with Crippen LogP contribution in [0.1, 0.15) is 31.9 Å². The van der Waals surface area contributed by atoms with Crippen LogP contribution < -0.4 is 4.46 Å². The van der Waals surface area contributed by atoms with E-state index in [1.54, 1.807) is 0 Å². The maximum atomic E-state index is 2.67. The molecule has 0 N–H and O–H groups in total. The molecule has 0 bridgehead atoms. The fourth-order valence-corrected chi connectivity index (χ4v) is 2.28. The second kappa shape index (κ2) is 3.24. The molecule has 66 valence electrons. The summed E-state index contributed by atoms with van der Waals surface area (Å²) in [5.41, 5.74) is 3.05. The Labute approximate surface area is 83.2 Å². The zero-order valence-corrected chi connectivity index (χ0v) is 10.1. The Morgan fingerprint density at radius 1 is 1.17 bits per heavy atom. The minimum absolute atomic E-state index is 0.258. The van der Waals surface area contributed by atoms with E-state index in [1.165, 1.54) is 15.6 Å². The van der Waals surface area contributed by atoms with Gasteiger partial charge in [-0.05, 0) is 0 Å². The van der Waals surface area contributed by atoms with Gasteiger partial charge in [0.2, 0.25) is 0 Å². The number of rotatable bonds is 0. The summed E-state index contributed by atoms with van der Waals surface area (Å²) in [7, 11) is 0. The molecule has 1 aromatic rings. The van der Waals surface area contributed by atoms with Crippen molar-refractivity contribution in [1.29, 1.82) is 0 Å². The fraction of sp³-hybridized carbons (Fsp3) is 0.455. The van der Waals surface area contributed by atoms with E-state index in [4.69, 9.17) is 0 Å². The predicted octanol–water partition coefficient (Wildman–Crippen LogP) is 1.82. The molecule has 0 aliphatic rings. The van der Waals surface area contributed by atoms with Crippen molar-refractivity contribution in [2.75, 3.05) is 0 Å². The van der Waals surface area contributed by atoms with Crippen LogP contribution in [0.25, 0.3) is 0 Å². The Morgan fingerprint density at radius 3 is 2.17 bits per heavy atom. The van der Waals surface area contributed by atoms with Gasteiger partial charge in [-0.15, -0.1) is 0 Å². The zero-order chi connectivity index (χ0) is 9.35. The monoisotopic (exact) mass is 228 g/mol. The predicted molar refractivity (Wildman–Crippen MR) is 56.7 cm³/mol. The van der Waals surface area contributed by atoms with Crippen LogP contribution >= 0.6 is 0 Å². The second-order valence-corrected chi connectivity index (χ2v) is 5.16. The molecule has 0 spiro atoms. The summed E-state index contributed by atoms with van der Waals surface area (Å²) in [4.78, 5) is 0. The average molecular weight is 227 g/mol. The summed E-state index contributed by atoms with van der Waals surface area (Å²) in [5.74, 6) is 0. The molecule has 0 fully saturated rings. The van der Waals surface area contributed by atoms with Crippen molar-refractivity contribution in [3.8, 4) is 0 Å². The molecule has 0 aliphatic heterocycles. The normalized spacial score (nSPS) is 11.8. The molecule has 1 heteroatoms. The third kappa shape index (κ3) is 1.91. The Hall–Kier alpha value is -0.261. The van der Waals surface area contributed by atoms with Gasteiger partial charge < -0.3 is 0 Å². The van der Waals surface area contributed by atoms with E-state index in [0.717, 1.165) is 0 Å². The van der Waals surface area contributed by atoms with Crippen LogP contribution in [0, 0.1) is 6.92 Å². The molecule has 0 nitrogen and oxygen atoms in total. The first-order valence-electron chi connectivity index (χ1n) is 4.22. The van der Waals surface area contributed by atoms with Gasteiger partial charge in [0.05, 0.1) is 0 Å². The van der Waals surface area contributed by atoms with E-state index in [0.29, 0.717) is 0 Å². The van der Waals surface area contributed by atoms with Gasteiger partial charge in [-0.2, -0.15) is 0 Å². The van der Waals surface area contributed by atoms with E-state index in [2.05, 4.69) is 61.9 Å². The molecule has 0 radical (unpaired) electrons. The van der Waals surface area contributed by atoms with E-state index >= 15 is 0 Å². The molecular formula is C11H16Se. The van der Waals surface area contributed by atoms with Crippen LogP contribution in [0.2, 0.25) is 0 Å². The number of hydrogen-bond acceptors (Lipinski definition) is 0. The minimum atomic E-state index is 0.258. The van der Waals surface area contributed by atoms with E-state index in [9.17, 15) is 0 Å². The molecule has 0 unspecified atom stereocenters. The molecule has 1 rings (SSSR count). The van der Waals surface area contributed by atoms with E-state index < -0.39 is 0 Å². The van der Waals surface area contributed by atoms with Gasteiger partial charge >= 0.3 is 82.9 Å². The van der Waals surface area contributed by atoms with Crippen molar-refractivity contribution >= 4 is 20.5 Å². The molecule has 0 saturated carbocycles. The maximum absolute atomic E-state index is 2.67. The Morgan fingerprint density at radius 2 is 1.75 bits per heavy atom. The van der Waals surface area contributed by atoms with Crippen molar-refractivity contribution in [1.82, 2.24) is 0 Å². The first-order valence-corrected chi connectivity index (χ1v) is 5.16. The molecule has 12 heavy (non-hydrogen) atoms. The van der Waals surface area contributed by atoms with Crippen molar-refractivity contribution < 1.29 is 0 Å². The molecule has 0 heterocycles. The van der Waals surface area contributed by atoms with Crippen LogP contribution in [0.4, 0.5) is 0 Å². The SMILES string of the molecule is Cc1cccc(C(C)(C)C)c1[SeH]. The molecule has 0 aliphatic carbocycles. The number of benzene rings is 1. The summed E-state index contributed by atoms with van der Waals surface area (Å²) in [5, 5.41) is 0. The standard InChI is InChI=1S/C11H16Se/c1-8-6-5-7-9(10(8)12)11(2,3)4/h5-7,12H,1-4H3. The van der Waals surface area contributed by atoms with Gasteiger partial charge in [-0.3, -0.25) is 0 Å². The molecular weight excluding hydrogens is 211 g/mol. The van der Waals surface area contributed by atoms with E-state index in [1.807, 2.05) is 0 Å². The van der Waals surface area contributed by atoms with Gasteiger partial charge in [0.15, 0.2) is 0 Å². The summed E-state index contributed by atoms with van der Waals surface area (Å²) in [6.07, 6.45) is 0. The molecule has 0 aromatic heterocycles. The van der Waals surface area contributed by atoms with Crippen molar-refractivity contribution in [2.24, 2.45) is 0 Å². The van der Waals surface area contributed by atoms with Crippen molar-refractivity contribution in [3.63, 3.8) is 0 Å². The van der Waals surface area contributed by atoms with Crippen molar-refractivity contribution in [2.45, 2.75) is 33.1 Å². The van der Waals surface area contributed by atoms with Gasteiger partial charge in [0.1, 0.15) is 0 Å². The van der Waals surface area contributed by atoms with Gasteiger partial charge in [0, 0.05) is 0 Å².